The number of aromatic nitrogens is 1. The lowest BCUT2D eigenvalue weighted by atomic mass is 10.0. The third kappa shape index (κ3) is 4.01. The summed E-state index contributed by atoms with van der Waals surface area (Å²) < 4.78 is 66.6. The topological polar surface area (TPSA) is 70.6 Å². The van der Waals surface area contributed by atoms with Gasteiger partial charge in [0.1, 0.15) is 12.1 Å². The van der Waals surface area contributed by atoms with Crippen molar-refractivity contribution in [3.63, 3.8) is 0 Å². The molecule has 1 unspecified atom stereocenters. The van der Waals surface area contributed by atoms with Crippen LogP contribution in [0.1, 0.15) is 42.9 Å². The van der Waals surface area contributed by atoms with Crippen molar-refractivity contribution in [1.29, 1.82) is 0 Å². The average Bonchev–Trinajstić information content (AvgIpc) is 3.15. The van der Waals surface area contributed by atoms with Gasteiger partial charge in [-0.3, -0.25) is 0 Å². The van der Waals surface area contributed by atoms with Crippen LogP contribution in [0.25, 0.3) is 0 Å². The Morgan fingerprint density at radius 2 is 1.78 bits per heavy atom. The van der Waals surface area contributed by atoms with E-state index in [0.717, 1.165) is 36.1 Å². The summed E-state index contributed by atoms with van der Waals surface area (Å²) in [5, 5.41) is 0. The summed E-state index contributed by atoms with van der Waals surface area (Å²) in [6.07, 6.45) is -1.36. The number of benzene rings is 1. The zero-order valence-corrected chi connectivity index (χ0v) is 18.5. The van der Waals surface area contributed by atoms with Gasteiger partial charge in [0.25, 0.3) is 0 Å². The van der Waals surface area contributed by atoms with Crippen molar-refractivity contribution in [2.24, 2.45) is 0 Å². The first-order chi connectivity index (χ1) is 15.0. The number of aldehydes is 1. The fourth-order valence-corrected chi connectivity index (χ4v) is 6.33. The van der Waals surface area contributed by atoms with Crippen molar-refractivity contribution in [2.45, 2.75) is 55.8 Å². The third-order valence-corrected chi connectivity index (χ3v) is 8.10. The Balaban J connectivity index is 1.56. The SMILES string of the molecule is C[C@H]1CN(S(=O)(=O)c2ccc3c(c2)C(C=O)CC3)C[C@H](C)N1c1ccc(C(F)(F)F)cn1. The number of hydrogen-bond acceptors (Lipinski definition) is 5. The molecule has 0 N–H and O–H groups in total. The molecule has 172 valence electrons. The molecule has 10 heteroatoms. The van der Waals surface area contributed by atoms with E-state index in [1.165, 1.54) is 10.4 Å². The molecule has 32 heavy (non-hydrogen) atoms. The fourth-order valence-electron chi connectivity index (χ4n) is 4.69. The van der Waals surface area contributed by atoms with E-state index < -0.39 is 21.8 Å². The van der Waals surface area contributed by atoms with Crippen LogP contribution in [0.2, 0.25) is 0 Å². The van der Waals surface area contributed by atoms with Crippen molar-refractivity contribution in [3.05, 3.63) is 53.2 Å². The van der Waals surface area contributed by atoms with Gasteiger partial charge in [0.15, 0.2) is 0 Å². The fraction of sp³-hybridized carbons (Fsp3) is 0.455. The molecule has 2 heterocycles. The van der Waals surface area contributed by atoms with E-state index in [1.54, 1.807) is 18.2 Å². The van der Waals surface area contributed by atoms with Crippen LogP contribution in [-0.4, -0.2) is 49.2 Å². The van der Waals surface area contributed by atoms with E-state index in [2.05, 4.69) is 4.98 Å². The number of pyridine rings is 1. The molecule has 1 fully saturated rings. The number of piperazine rings is 1. The summed E-state index contributed by atoms with van der Waals surface area (Å²) >= 11 is 0. The summed E-state index contributed by atoms with van der Waals surface area (Å²) in [6, 6.07) is 6.68. The van der Waals surface area contributed by atoms with Crippen molar-refractivity contribution < 1.29 is 26.4 Å². The predicted molar refractivity (Wildman–Crippen MR) is 113 cm³/mol. The quantitative estimate of drug-likeness (QED) is 0.643. The summed E-state index contributed by atoms with van der Waals surface area (Å²) in [6.45, 7) is 3.98. The Bertz CT molecular complexity index is 1110. The molecule has 0 spiro atoms. The molecule has 1 saturated heterocycles. The average molecular weight is 468 g/mol. The van der Waals surface area contributed by atoms with Crippen molar-refractivity contribution in [3.8, 4) is 0 Å². The van der Waals surface area contributed by atoms with E-state index in [0.29, 0.717) is 12.2 Å². The Hall–Kier alpha value is -2.46. The standard InChI is InChI=1S/C22H24F3N3O3S/c1-14-11-27(12-15(2)28(14)21-8-6-18(10-26-21)22(23,24)25)32(30,31)19-7-5-16-3-4-17(13-29)20(16)9-19/h5-10,13-15,17H,3-4,11-12H2,1-2H3/t14-,15-,17?/m0/s1. The number of halogens is 3. The molecule has 1 aromatic carbocycles. The minimum absolute atomic E-state index is 0.158. The predicted octanol–water partition coefficient (Wildman–Crippen LogP) is 3.62. The van der Waals surface area contributed by atoms with E-state index in [9.17, 15) is 26.4 Å². The molecule has 4 rings (SSSR count). The largest absolute Gasteiger partial charge is 0.417 e. The van der Waals surface area contributed by atoms with Crippen LogP contribution in [0.15, 0.2) is 41.4 Å². The lowest BCUT2D eigenvalue weighted by Gasteiger charge is -2.44. The number of sulfonamides is 1. The number of alkyl halides is 3. The van der Waals surface area contributed by atoms with Crippen molar-refractivity contribution >= 4 is 22.1 Å². The smallest absolute Gasteiger partial charge is 0.349 e. The minimum Gasteiger partial charge on any atom is -0.349 e. The summed E-state index contributed by atoms with van der Waals surface area (Å²) in [5.74, 6) is 0.0991. The number of hydrogen-bond donors (Lipinski definition) is 0. The summed E-state index contributed by atoms with van der Waals surface area (Å²) in [7, 11) is -3.79. The van der Waals surface area contributed by atoms with Gasteiger partial charge in [-0.25, -0.2) is 13.4 Å². The van der Waals surface area contributed by atoms with Crippen LogP contribution in [-0.2, 0) is 27.4 Å². The number of rotatable bonds is 4. The molecule has 6 nitrogen and oxygen atoms in total. The molecule has 1 aromatic heterocycles. The van der Waals surface area contributed by atoms with Gasteiger partial charge in [0.2, 0.25) is 10.0 Å². The number of carbonyl (C=O) groups is 1. The molecule has 3 atom stereocenters. The van der Waals surface area contributed by atoms with Crippen LogP contribution >= 0.6 is 0 Å². The highest BCUT2D eigenvalue weighted by Crippen LogP contribution is 2.35. The second-order valence-electron chi connectivity index (χ2n) is 8.47. The molecule has 0 bridgehead atoms. The van der Waals surface area contributed by atoms with E-state index in [4.69, 9.17) is 0 Å². The maximum absolute atomic E-state index is 13.3. The highest BCUT2D eigenvalue weighted by molar-refractivity contribution is 7.89. The van der Waals surface area contributed by atoms with Gasteiger partial charge >= 0.3 is 6.18 Å². The first-order valence-electron chi connectivity index (χ1n) is 10.4. The number of aryl methyl sites for hydroxylation is 1. The monoisotopic (exact) mass is 467 g/mol. The molecule has 0 amide bonds. The number of fused-ring (bicyclic) bond motifs is 1. The molecule has 1 aliphatic carbocycles. The van der Waals surface area contributed by atoms with Crippen LogP contribution in [0, 0.1) is 0 Å². The number of carbonyl (C=O) groups excluding carboxylic acids is 1. The molecule has 2 aliphatic rings. The molecule has 0 saturated carbocycles. The maximum atomic E-state index is 13.3. The van der Waals surface area contributed by atoms with Gasteiger partial charge < -0.3 is 9.69 Å². The second kappa shape index (κ2) is 8.15. The van der Waals surface area contributed by atoms with E-state index in [-0.39, 0.29) is 36.0 Å². The van der Waals surface area contributed by atoms with Gasteiger partial charge in [-0.05, 0) is 62.1 Å². The molecular formula is C22H24F3N3O3S. The van der Waals surface area contributed by atoms with E-state index in [1.807, 2.05) is 18.7 Å². The number of anilines is 1. The van der Waals surface area contributed by atoms with Gasteiger partial charge in [-0.2, -0.15) is 17.5 Å². The number of nitrogens with zero attached hydrogens (tertiary/aromatic N) is 3. The molecular weight excluding hydrogens is 443 g/mol. The van der Waals surface area contributed by atoms with Crippen LogP contribution < -0.4 is 4.90 Å². The van der Waals surface area contributed by atoms with Crippen molar-refractivity contribution in [2.75, 3.05) is 18.0 Å². The summed E-state index contributed by atoms with van der Waals surface area (Å²) in [5.41, 5.74) is 0.948. The first kappa shape index (κ1) is 22.7. The molecule has 2 aromatic rings. The van der Waals surface area contributed by atoms with Gasteiger partial charge in [-0.1, -0.05) is 6.07 Å². The second-order valence-corrected chi connectivity index (χ2v) is 10.4. The Morgan fingerprint density at radius 3 is 2.34 bits per heavy atom. The van der Waals surface area contributed by atoms with Crippen molar-refractivity contribution in [1.82, 2.24) is 9.29 Å². The normalized spacial score (nSPS) is 24.4. The van der Waals surface area contributed by atoms with Gasteiger partial charge in [0, 0.05) is 37.3 Å². The zero-order valence-electron chi connectivity index (χ0n) is 17.7. The highest BCUT2D eigenvalue weighted by Gasteiger charge is 2.38. The zero-order chi connectivity index (χ0) is 23.3. The lowest BCUT2D eigenvalue weighted by molar-refractivity contribution is -0.137. The van der Waals surface area contributed by atoms with Crippen LogP contribution in [0.3, 0.4) is 0 Å². The van der Waals surface area contributed by atoms with Gasteiger partial charge in [0.05, 0.1) is 10.5 Å². The van der Waals surface area contributed by atoms with Crippen LogP contribution in [0.4, 0.5) is 19.0 Å². The lowest BCUT2D eigenvalue weighted by Crippen LogP contribution is -2.58. The third-order valence-electron chi connectivity index (χ3n) is 6.27. The first-order valence-corrected chi connectivity index (χ1v) is 11.9. The van der Waals surface area contributed by atoms with E-state index >= 15 is 0 Å². The summed E-state index contributed by atoms with van der Waals surface area (Å²) in [4.78, 5) is 17.3. The van der Waals surface area contributed by atoms with Gasteiger partial charge in [-0.15, -0.1) is 0 Å². The Morgan fingerprint density at radius 1 is 1.09 bits per heavy atom. The Labute approximate surface area is 185 Å². The minimum atomic E-state index is -4.46. The Kier molecular flexibility index (Phi) is 5.79. The maximum Gasteiger partial charge on any atom is 0.417 e. The molecule has 1 aliphatic heterocycles. The molecule has 0 radical (unpaired) electrons. The van der Waals surface area contributed by atoms with Crippen LogP contribution in [0.5, 0.6) is 0 Å². The highest BCUT2D eigenvalue weighted by atomic mass is 32.2.